The highest BCUT2D eigenvalue weighted by Crippen LogP contribution is 2.36. The smallest absolute Gasteiger partial charge is 0.336 e. The van der Waals surface area contributed by atoms with Gasteiger partial charge in [0.15, 0.2) is 17.3 Å². The molecule has 0 radical (unpaired) electrons. The first-order valence-corrected chi connectivity index (χ1v) is 22.7. The van der Waals surface area contributed by atoms with Crippen molar-refractivity contribution in [3.8, 4) is 11.1 Å². The Labute approximate surface area is 394 Å². The normalized spacial score (nSPS) is 14.2. The van der Waals surface area contributed by atoms with Crippen LogP contribution >= 0.6 is 0 Å². The van der Waals surface area contributed by atoms with Gasteiger partial charge in [-0.05, 0) is 99.8 Å². The second-order valence-corrected chi connectivity index (χ2v) is 17.2. The number of carbonyl (C=O) groups is 6. The maximum atomic E-state index is 13.5. The van der Waals surface area contributed by atoms with Crippen LogP contribution in [-0.4, -0.2) is 50.6 Å². The summed E-state index contributed by atoms with van der Waals surface area (Å²) in [5, 5.41) is 33.5. The number of aliphatic carboxylic acids is 2. The van der Waals surface area contributed by atoms with Gasteiger partial charge in [0.05, 0.1) is 17.9 Å². The summed E-state index contributed by atoms with van der Waals surface area (Å²) in [4.78, 5) is 72.1. The lowest BCUT2D eigenvalue weighted by Crippen LogP contribution is -2.32. The number of carboxylic acids is 3. The summed E-state index contributed by atoms with van der Waals surface area (Å²) in [7, 11) is 0. The third-order valence-corrected chi connectivity index (χ3v) is 12.8. The van der Waals surface area contributed by atoms with Crippen molar-refractivity contribution in [1.82, 2.24) is 0 Å². The highest BCUT2D eigenvalue weighted by Gasteiger charge is 2.36. The van der Waals surface area contributed by atoms with Crippen LogP contribution in [0.15, 0.2) is 158 Å². The van der Waals surface area contributed by atoms with Crippen LogP contribution in [0.2, 0.25) is 0 Å². The van der Waals surface area contributed by atoms with Crippen molar-refractivity contribution in [2.24, 2.45) is 11.8 Å². The predicted octanol–water partition coefficient (Wildman–Crippen LogP) is 13.2. The zero-order valence-corrected chi connectivity index (χ0v) is 38.2. The second kappa shape index (κ2) is 21.5. The summed E-state index contributed by atoms with van der Waals surface area (Å²) in [6, 6.07) is 48.6. The SMILES string of the molecule is Cc1ccc(C(=O)C2CCCCC2C(=O)O)c2ccccc12.Cc1ccc(C(=O)CCC(=O)O)c2ccccc12.Cc1ccc(C(=O)c2ccccc2-c2ccccc2C(=O)O)c2ccccc12. The maximum Gasteiger partial charge on any atom is 0.336 e. The fourth-order valence-electron chi connectivity index (χ4n) is 9.27. The molecule has 0 spiro atoms. The predicted molar refractivity (Wildman–Crippen MR) is 267 cm³/mol. The number of carboxylic acid groups (broad SMARTS) is 3. The number of fused-ring (bicyclic) bond motifs is 3. The highest BCUT2D eigenvalue weighted by molar-refractivity contribution is 6.20. The van der Waals surface area contributed by atoms with Crippen LogP contribution in [0.5, 0.6) is 0 Å². The van der Waals surface area contributed by atoms with Gasteiger partial charge in [-0.15, -0.1) is 0 Å². The van der Waals surface area contributed by atoms with Crippen LogP contribution < -0.4 is 0 Å². The first kappa shape index (κ1) is 47.9. The largest absolute Gasteiger partial charge is 0.481 e. The van der Waals surface area contributed by atoms with E-state index >= 15 is 0 Å². The average Bonchev–Trinajstić information content (AvgIpc) is 3.36. The minimum absolute atomic E-state index is 0.0108. The number of hydrogen-bond acceptors (Lipinski definition) is 6. The lowest BCUT2D eigenvalue weighted by Gasteiger charge is -2.27. The Balaban J connectivity index is 0.000000155. The van der Waals surface area contributed by atoms with Crippen molar-refractivity contribution in [3.63, 3.8) is 0 Å². The summed E-state index contributed by atoms with van der Waals surface area (Å²) >= 11 is 0. The maximum absolute atomic E-state index is 13.5. The van der Waals surface area contributed by atoms with E-state index in [4.69, 9.17) is 5.11 Å². The molecule has 0 saturated heterocycles. The molecule has 9 nitrogen and oxygen atoms in total. The minimum Gasteiger partial charge on any atom is -0.481 e. The molecule has 0 aromatic heterocycles. The number of ketones is 3. The zero-order valence-electron chi connectivity index (χ0n) is 38.2. The Morgan fingerprint density at radius 1 is 0.412 bits per heavy atom. The summed E-state index contributed by atoms with van der Waals surface area (Å²) in [6.07, 6.45) is 3.04. The molecule has 1 saturated carbocycles. The van der Waals surface area contributed by atoms with Gasteiger partial charge in [0.25, 0.3) is 0 Å². The molecule has 2 atom stereocenters. The number of rotatable bonds is 11. The Bertz CT molecular complexity index is 3240. The van der Waals surface area contributed by atoms with Gasteiger partial charge in [-0.1, -0.05) is 165 Å². The van der Waals surface area contributed by atoms with Crippen LogP contribution in [0.25, 0.3) is 43.4 Å². The van der Waals surface area contributed by atoms with E-state index in [1.807, 2.05) is 130 Å². The molecule has 1 aliphatic rings. The molecule has 342 valence electrons. The summed E-state index contributed by atoms with van der Waals surface area (Å²) in [5.41, 5.74) is 7.06. The molecule has 68 heavy (non-hydrogen) atoms. The third kappa shape index (κ3) is 10.5. The van der Waals surface area contributed by atoms with Gasteiger partial charge in [0.1, 0.15) is 0 Å². The van der Waals surface area contributed by atoms with E-state index in [2.05, 4.69) is 0 Å². The van der Waals surface area contributed by atoms with E-state index in [1.54, 1.807) is 48.5 Å². The van der Waals surface area contributed by atoms with E-state index in [-0.39, 0.29) is 35.8 Å². The van der Waals surface area contributed by atoms with Crippen molar-refractivity contribution in [2.75, 3.05) is 0 Å². The average molecular weight is 905 g/mol. The second-order valence-electron chi connectivity index (χ2n) is 17.2. The van der Waals surface area contributed by atoms with Crippen LogP contribution in [0.3, 0.4) is 0 Å². The first-order valence-electron chi connectivity index (χ1n) is 22.7. The zero-order chi connectivity index (χ0) is 48.5. The van der Waals surface area contributed by atoms with Crippen molar-refractivity contribution in [1.29, 1.82) is 0 Å². The molecule has 0 bridgehead atoms. The molecule has 1 fully saturated rings. The Morgan fingerprint density at radius 2 is 0.809 bits per heavy atom. The molecule has 9 heteroatoms. The monoisotopic (exact) mass is 904 g/mol. The fraction of sp³-hybridized carbons (Fsp3) is 0.186. The molecule has 8 aromatic rings. The Morgan fingerprint density at radius 3 is 1.31 bits per heavy atom. The minimum atomic E-state index is -1.02. The van der Waals surface area contributed by atoms with E-state index < -0.39 is 29.7 Å². The Kier molecular flexibility index (Phi) is 15.2. The van der Waals surface area contributed by atoms with Gasteiger partial charge in [-0.3, -0.25) is 24.0 Å². The van der Waals surface area contributed by atoms with Crippen LogP contribution in [-0.2, 0) is 9.59 Å². The molecule has 1 aliphatic carbocycles. The van der Waals surface area contributed by atoms with Crippen LogP contribution in [0.1, 0.15) is 102 Å². The number of aryl methyl sites for hydroxylation is 3. The molecule has 0 aliphatic heterocycles. The van der Waals surface area contributed by atoms with E-state index in [0.717, 1.165) is 61.8 Å². The molecule has 0 heterocycles. The van der Waals surface area contributed by atoms with E-state index in [9.17, 15) is 39.0 Å². The van der Waals surface area contributed by atoms with Crippen molar-refractivity contribution in [2.45, 2.75) is 59.3 Å². The molecular weight excluding hydrogens is 853 g/mol. The molecule has 9 rings (SSSR count). The standard InChI is InChI=1S/C25H18O3.C19H20O3.C15H14O3/c1-16-14-15-22(18-9-3-2-8-17(16)18)24(26)21-12-6-4-10-19(21)20-11-5-7-13-23(20)25(27)28;1-12-10-11-16(14-7-3-2-6-13(12)14)18(20)15-8-4-5-9-17(15)19(21)22;1-10-6-7-13(14(16)8-9-15(17)18)12-5-3-2-4-11(10)12/h2-15H,1H3,(H,27,28);2-3,6-7,10-11,15,17H,4-5,8-9H2,1H3,(H,21,22);2-7H,8-9H2,1H3,(H,17,18). The van der Waals surface area contributed by atoms with E-state index in [1.165, 1.54) is 0 Å². The summed E-state index contributed by atoms with van der Waals surface area (Å²) < 4.78 is 0. The fourth-order valence-corrected chi connectivity index (χ4v) is 9.27. The van der Waals surface area contributed by atoms with Crippen molar-refractivity contribution < 1.29 is 44.1 Å². The molecule has 8 aromatic carbocycles. The number of hydrogen-bond donors (Lipinski definition) is 3. The van der Waals surface area contributed by atoms with Gasteiger partial charge < -0.3 is 15.3 Å². The lowest BCUT2D eigenvalue weighted by atomic mass is 9.75. The summed E-state index contributed by atoms with van der Waals surface area (Å²) in [5.74, 6) is -3.98. The van der Waals surface area contributed by atoms with E-state index in [0.29, 0.717) is 46.2 Å². The quantitative estimate of drug-likeness (QED) is 0.107. The van der Waals surface area contributed by atoms with Crippen LogP contribution in [0, 0.1) is 32.6 Å². The Hall–Kier alpha value is -8.04. The third-order valence-electron chi connectivity index (χ3n) is 12.8. The van der Waals surface area contributed by atoms with Crippen molar-refractivity contribution >= 4 is 67.6 Å². The lowest BCUT2D eigenvalue weighted by molar-refractivity contribution is -0.144. The van der Waals surface area contributed by atoms with Crippen LogP contribution in [0.4, 0.5) is 0 Å². The van der Waals surface area contributed by atoms with Crippen molar-refractivity contribution in [3.05, 3.63) is 202 Å². The number of carbonyl (C=O) groups excluding carboxylic acids is 3. The first-order chi connectivity index (χ1) is 32.8. The van der Waals surface area contributed by atoms with Gasteiger partial charge in [-0.2, -0.15) is 0 Å². The van der Waals surface area contributed by atoms with Gasteiger partial charge in [0, 0.05) is 34.6 Å². The number of benzene rings is 8. The number of Topliss-reactive ketones (excluding diaryl/α,β-unsaturated/α-hetero) is 2. The molecular formula is C59H52O9. The molecule has 0 amide bonds. The summed E-state index contributed by atoms with van der Waals surface area (Å²) in [6.45, 7) is 6.04. The molecule has 2 unspecified atom stereocenters. The topological polar surface area (TPSA) is 163 Å². The number of aromatic carboxylic acids is 1. The van der Waals surface area contributed by atoms with Gasteiger partial charge in [-0.25, -0.2) is 4.79 Å². The highest BCUT2D eigenvalue weighted by atomic mass is 16.4. The van der Waals surface area contributed by atoms with Gasteiger partial charge in [0.2, 0.25) is 0 Å². The molecule has 3 N–H and O–H groups in total. The van der Waals surface area contributed by atoms with Gasteiger partial charge >= 0.3 is 17.9 Å².